The molecule has 0 fully saturated rings. The number of carbonyl (C=O) groups excluding carboxylic acids is 3. The number of hydrogen-bond acceptors (Lipinski definition) is 8. The Morgan fingerprint density at radius 2 is 1.28 bits per heavy atom. The molecule has 0 spiro atoms. The molecule has 5 rings (SSSR count). The molecule has 1 unspecified atom stereocenters. The standard InChI is InChI=1S/C46H52N4O5S2/c1-45(2,3)55-44(53)48-38(32-57-46(35-20-12-7-13-21-35,36-22-14-8-15-23-36)37-24-16-9-17-25-37)30-34-26-27-39(33-18-10-6-11-19-33)50-43(34)54-31-41(51)49-40(28-29-56-5)42(52)47-4/h6-27,38,40H,28-32H2,1-5H3,(H,47,52)(H,48,53)(H,49,51)/t38?,40-/m0/s1. The summed E-state index contributed by atoms with van der Waals surface area (Å²) in [6, 6.07) is 43.6. The molecule has 0 radical (unpaired) electrons. The van der Waals surface area contributed by atoms with Gasteiger partial charge >= 0.3 is 6.09 Å². The first-order valence-corrected chi connectivity index (χ1v) is 21.4. The molecule has 3 N–H and O–H groups in total. The van der Waals surface area contributed by atoms with Gasteiger partial charge in [-0.25, -0.2) is 9.78 Å². The van der Waals surface area contributed by atoms with E-state index in [0.29, 0.717) is 35.6 Å². The Morgan fingerprint density at radius 3 is 1.79 bits per heavy atom. The molecule has 0 bridgehead atoms. The van der Waals surface area contributed by atoms with Gasteiger partial charge in [0.25, 0.3) is 5.91 Å². The lowest BCUT2D eigenvalue weighted by molar-refractivity contribution is -0.129. The van der Waals surface area contributed by atoms with Crippen LogP contribution >= 0.6 is 23.5 Å². The number of nitrogens with one attached hydrogen (secondary N) is 3. The lowest BCUT2D eigenvalue weighted by Crippen LogP contribution is -2.47. The molecule has 0 aliphatic rings. The van der Waals surface area contributed by atoms with E-state index in [4.69, 9.17) is 14.5 Å². The minimum atomic E-state index is -0.716. The van der Waals surface area contributed by atoms with Gasteiger partial charge < -0.3 is 25.4 Å². The van der Waals surface area contributed by atoms with Crippen molar-refractivity contribution in [3.63, 3.8) is 0 Å². The Balaban J connectivity index is 1.52. The highest BCUT2D eigenvalue weighted by Crippen LogP contribution is 2.48. The number of benzene rings is 4. The third-order valence-electron chi connectivity index (χ3n) is 9.09. The second kappa shape index (κ2) is 20.8. The van der Waals surface area contributed by atoms with Crippen molar-refractivity contribution in [2.75, 3.05) is 31.4 Å². The Hall–Kier alpha value is -5.26. The fraction of sp³-hybridized carbons (Fsp3) is 0.304. The summed E-state index contributed by atoms with van der Waals surface area (Å²) in [7, 11) is 1.55. The van der Waals surface area contributed by atoms with Crippen LogP contribution in [0.1, 0.15) is 49.4 Å². The van der Waals surface area contributed by atoms with E-state index in [1.54, 1.807) is 30.6 Å². The molecule has 1 aromatic heterocycles. The number of alkyl carbamates (subject to hydrolysis) is 1. The van der Waals surface area contributed by atoms with Gasteiger partial charge in [0.15, 0.2) is 6.61 Å². The van der Waals surface area contributed by atoms with Crippen LogP contribution in [0.15, 0.2) is 133 Å². The summed E-state index contributed by atoms with van der Waals surface area (Å²) in [6.45, 7) is 5.14. The third-order valence-corrected chi connectivity index (χ3v) is 11.4. The topological polar surface area (TPSA) is 119 Å². The first-order valence-electron chi connectivity index (χ1n) is 19.0. The molecule has 0 aliphatic carbocycles. The molecule has 9 nitrogen and oxygen atoms in total. The number of carbonyl (C=O) groups is 3. The zero-order valence-corrected chi connectivity index (χ0v) is 34.8. The molecule has 1 heterocycles. The quantitative estimate of drug-likeness (QED) is 0.0759. The van der Waals surface area contributed by atoms with Crippen LogP contribution < -0.4 is 20.7 Å². The van der Waals surface area contributed by atoms with Crippen molar-refractivity contribution >= 4 is 41.4 Å². The zero-order valence-electron chi connectivity index (χ0n) is 33.2. The summed E-state index contributed by atoms with van der Waals surface area (Å²) >= 11 is 3.32. The number of ether oxygens (including phenoxy) is 2. The number of amides is 3. The second-order valence-electron chi connectivity index (χ2n) is 14.5. The van der Waals surface area contributed by atoms with E-state index in [2.05, 4.69) is 52.3 Å². The van der Waals surface area contributed by atoms with E-state index in [9.17, 15) is 14.4 Å². The lowest BCUT2D eigenvalue weighted by Gasteiger charge is -2.37. The Bertz CT molecular complexity index is 1930. The fourth-order valence-corrected chi connectivity index (χ4v) is 8.49. The maximum atomic E-state index is 13.5. The number of nitrogens with zero attached hydrogens (tertiary/aromatic N) is 1. The van der Waals surface area contributed by atoms with E-state index < -0.39 is 34.4 Å². The number of hydrogen-bond donors (Lipinski definition) is 3. The molecule has 4 aromatic carbocycles. The molecule has 3 amide bonds. The minimum Gasteiger partial charge on any atom is -0.467 e. The van der Waals surface area contributed by atoms with Crippen LogP contribution in [0.3, 0.4) is 0 Å². The monoisotopic (exact) mass is 804 g/mol. The lowest BCUT2D eigenvalue weighted by atomic mass is 9.84. The maximum Gasteiger partial charge on any atom is 0.407 e. The van der Waals surface area contributed by atoms with E-state index in [1.165, 1.54) is 0 Å². The molecule has 0 saturated heterocycles. The summed E-state index contributed by atoms with van der Waals surface area (Å²) < 4.78 is 11.4. The van der Waals surface area contributed by atoms with Crippen molar-refractivity contribution in [2.24, 2.45) is 0 Å². The van der Waals surface area contributed by atoms with Crippen LogP contribution in [0.2, 0.25) is 0 Å². The third kappa shape index (κ3) is 12.1. The van der Waals surface area contributed by atoms with Crippen molar-refractivity contribution in [3.8, 4) is 17.1 Å². The largest absolute Gasteiger partial charge is 0.467 e. The average Bonchev–Trinajstić information content (AvgIpc) is 3.22. The molecule has 2 atom stereocenters. The van der Waals surface area contributed by atoms with Gasteiger partial charge in [0.2, 0.25) is 11.8 Å². The van der Waals surface area contributed by atoms with E-state index >= 15 is 0 Å². The van der Waals surface area contributed by atoms with Gasteiger partial charge in [-0.2, -0.15) is 11.8 Å². The summed E-state index contributed by atoms with van der Waals surface area (Å²) in [4.78, 5) is 44.2. The molecule has 11 heteroatoms. The van der Waals surface area contributed by atoms with Crippen LogP contribution in [0.4, 0.5) is 4.79 Å². The molecule has 57 heavy (non-hydrogen) atoms. The van der Waals surface area contributed by atoms with Gasteiger partial charge in [0, 0.05) is 30.0 Å². The Morgan fingerprint density at radius 1 is 0.737 bits per heavy atom. The summed E-state index contributed by atoms with van der Waals surface area (Å²) in [5.74, 6) is 0.706. The first-order chi connectivity index (χ1) is 27.5. The van der Waals surface area contributed by atoms with Crippen molar-refractivity contribution in [1.29, 1.82) is 0 Å². The average molecular weight is 805 g/mol. The van der Waals surface area contributed by atoms with E-state index in [1.807, 2.05) is 124 Å². The molecule has 298 valence electrons. The van der Waals surface area contributed by atoms with Crippen LogP contribution in [0, 0.1) is 0 Å². The van der Waals surface area contributed by atoms with Crippen molar-refractivity contribution in [3.05, 3.63) is 156 Å². The Labute approximate surface area is 345 Å². The van der Waals surface area contributed by atoms with E-state index in [-0.39, 0.29) is 18.4 Å². The SMILES string of the molecule is CNC(=O)[C@H](CCSC)NC(=O)COc1nc(-c2ccccc2)ccc1CC(CSC(c1ccccc1)(c1ccccc1)c1ccccc1)NC(=O)OC(C)(C)C. The first kappa shape index (κ1) is 42.9. The van der Waals surface area contributed by atoms with Gasteiger partial charge in [0.1, 0.15) is 11.6 Å². The van der Waals surface area contributed by atoms with Crippen LogP contribution in [0.5, 0.6) is 5.88 Å². The fourth-order valence-electron chi connectivity index (χ4n) is 6.45. The van der Waals surface area contributed by atoms with Crippen LogP contribution in [-0.2, 0) is 25.5 Å². The highest BCUT2D eigenvalue weighted by atomic mass is 32.2. The smallest absolute Gasteiger partial charge is 0.407 e. The highest BCUT2D eigenvalue weighted by molar-refractivity contribution is 8.00. The highest BCUT2D eigenvalue weighted by Gasteiger charge is 2.38. The number of aromatic nitrogens is 1. The van der Waals surface area contributed by atoms with Crippen LogP contribution in [0.25, 0.3) is 11.3 Å². The molecular weight excluding hydrogens is 753 g/mol. The van der Waals surface area contributed by atoms with Gasteiger partial charge in [-0.1, -0.05) is 127 Å². The zero-order chi connectivity index (χ0) is 40.7. The minimum absolute atomic E-state index is 0.258. The van der Waals surface area contributed by atoms with Crippen molar-refractivity contribution < 1.29 is 23.9 Å². The number of thioether (sulfide) groups is 2. The van der Waals surface area contributed by atoms with E-state index in [0.717, 1.165) is 22.3 Å². The maximum absolute atomic E-state index is 13.5. The normalized spacial score (nSPS) is 12.5. The molecule has 0 aliphatic heterocycles. The van der Waals surface area contributed by atoms with Crippen LogP contribution in [-0.4, -0.2) is 72.0 Å². The number of pyridine rings is 1. The summed E-state index contributed by atoms with van der Waals surface area (Å²) in [5.41, 5.74) is 4.82. The number of likely N-dealkylation sites (N-methyl/N-ethyl adjacent to an activating group) is 1. The van der Waals surface area contributed by atoms with Gasteiger partial charge in [0.05, 0.1) is 10.4 Å². The summed E-state index contributed by atoms with van der Waals surface area (Å²) in [6.07, 6.45) is 2.20. The van der Waals surface area contributed by atoms with Gasteiger partial charge in [-0.05, 0) is 68.4 Å². The number of rotatable bonds is 18. The van der Waals surface area contributed by atoms with Gasteiger partial charge in [-0.3, -0.25) is 9.59 Å². The predicted molar refractivity (Wildman–Crippen MR) is 233 cm³/mol. The van der Waals surface area contributed by atoms with Gasteiger partial charge in [-0.15, -0.1) is 11.8 Å². The van der Waals surface area contributed by atoms with Crippen molar-refractivity contribution in [2.45, 2.75) is 56.0 Å². The second-order valence-corrected chi connectivity index (χ2v) is 16.7. The van der Waals surface area contributed by atoms with Crippen molar-refractivity contribution in [1.82, 2.24) is 20.9 Å². The molecule has 0 saturated carbocycles. The Kier molecular flexibility index (Phi) is 15.6. The molecular formula is C46H52N4O5S2. The predicted octanol–water partition coefficient (Wildman–Crippen LogP) is 8.27. The summed E-state index contributed by atoms with van der Waals surface area (Å²) in [5, 5.41) is 8.61. The molecule has 5 aromatic rings.